The summed E-state index contributed by atoms with van der Waals surface area (Å²) >= 11 is 1.77. The van der Waals surface area contributed by atoms with Crippen LogP contribution in [0.25, 0.3) is 10.9 Å². The van der Waals surface area contributed by atoms with E-state index in [4.69, 9.17) is 0 Å². The highest BCUT2D eigenvalue weighted by molar-refractivity contribution is 7.99. The Morgan fingerprint density at radius 3 is 2.43 bits per heavy atom. The van der Waals surface area contributed by atoms with Crippen molar-refractivity contribution in [3.8, 4) is 0 Å². The third-order valence-electron chi connectivity index (χ3n) is 4.05. The molecule has 1 aromatic heterocycles. The van der Waals surface area contributed by atoms with Gasteiger partial charge in [-0.25, -0.2) is 4.79 Å². The molecule has 0 aliphatic rings. The van der Waals surface area contributed by atoms with Crippen LogP contribution in [0.3, 0.4) is 0 Å². The molecule has 2 aromatic carbocycles. The molecule has 3 aromatic rings. The Bertz CT molecular complexity index is 839. The van der Waals surface area contributed by atoms with Gasteiger partial charge in [0.25, 0.3) is 0 Å². The number of rotatable bonds is 5. The van der Waals surface area contributed by atoms with Crippen molar-refractivity contribution in [1.29, 1.82) is 0 Å². The number of hydrogen-bond donors (Lipinski definition) is 1. The van der Waals surface area contributed by atoms with E-state index in [1.165, 1.54) is 0 Å². The smallest absolute Gasteiger partial charge is 0.352 e. The molecule has 0 spiro atoms. The lowest BCUT2D eigenvalue weighted by Crippen LogP contribution is -2.10. The first-order chi connectivity index (χ1) is 11.1. The molecule has 0 aliphatic heterocycles. The molecule has 0 amide bonds. The summed E-state index contributed by atoms with van der Waals surface area (Å²) < 4.78 is 1.79. The van der Waals surface area contributed by atoms with Crippen molar-refractivity contribution in [2.45, 2.75) is 12.2 Å². The Balaban J connectivity index is 2.31. The predicted molar refractivity (Wildman–Crippen MR) is 96.3 cm³/mol. The van der Waals surface area contributed by atoms with Crippen molar-refractivity contribution in [3.05, 3.63) is 71.4 Å². The predicted octanol–water partition coefficient (Wildman–Crippen LogP) is 4.72. The number of para-hydroxylation sites is 1. The van der Waals surface area contributed by atoms with E-state index in [0.29, 0.717) is 5.69 Å². The highest BCUT2D eigenvalue weighted by atomic mass is 32.2. The zero-order valence-corrected chi connectivity index (χ0v) is 14.0. The van der Waals surface area contributed by atoms with Crippen LogP contribution in [0.2, 0.25) is 0 Å². The van der Waals surface area contributed by atoms with Crippen LogP contribution in [0.1, 0.15) is 33.8 Å². The standard InChI is InChI=1S/C19H19NO2S/c1-3-23-18(13-9-5-4-6-10-13)16-14-11-7-8-12-15(14)20(2)17(16)19(21)22/h4-12,18H,3H2,1-2H3,(H,21,22). The van der Waals surface area contributed by atoms with Crippen molar-refractivity contribution in [1.82, 2.24) is 4.57 Å². The summed E-state index contributed by atoms with van der Waals surface area (Å²) in [6.45, 7) is 2.10. The fraction of sp³-hybridized carbons (Fsp3) is 0.211. The SMILES string of the molecule is CCSC(c1ccccc1)c1c(C(=O)O)n(C)c2ccccc12. The zero-order valence-electron chi connectivity index (χ0n) is 13.2. The maximum absolute atomic E-state index is 11.9. The van der Waals surface area contributed by atoms with Gasteiger partial charge in [-0.3, -0.25) is 0 Å². The number of aromatic carboxylic acids is 1. The van der Waals surface area contributed by atoms with Gasteiger partial charge in [0, 0.05) is 23.5 Å². The summed E-state index contributed by atoms with van der Waals surface area (Å²) in [6, 6.07) is 18.0. The number of aromatic nitrogens is 1. The van der Waals surface area contributed by atoms with Gasteiger partial charge in [-0.1, -0.05) is 55.5 Å². The summed E-state index contributed by atoms with van der Waals surface area (Å²) in [5, 5.41) is 10.8. The molecular weight excluding hydrogens is 306 g/mol. The van der Waals surface area contributed by atoms with Crippen molar-refractivity contribution in [2.24, 2.45) is 7.05 Å². The summed E-state index contributed by atoms with van der Waals surface area (Å²) in [5.41, 5.74) is 3.37. The normalized spacial score (nSPS) is 12.4. The number of aryl methyl sites for hydroxylation is 1. The van der Waals surface area contributed by atoms with Crippen molar-refractivity contribution >= 4 is 28.6 Å². The first-order valence-corrected chi connectivity index (χ1v) is 8.67. The molecule has 0 fully saturated rings. The quantitative estimate of drug-likeness (QED) is 0.738. The third-order valence-corrected chi connectivity index (χ3v) is 5.22. The number of benzene rings is 2. The number of carboxylic acid groups (broad SMARTS) is 1. The van der Waals surface area contributed by atoms with E-state index in [1.54, 1.807) is 16.3 Å². The number of hydrogen-bond acceptors (Lipinski definition) is 2. The highest BCUT2D eigenvalue weighted by Crippen LogP contribution is 2.42. The minimum absolute atomic E-state index is 0.0124. The minimum Gasteiger partial charge on any atom is -0.477 e. The number of fused-ring (bicyclic) bond motifs is 1. The number of carbonyl (C=O) groups is 1. The molecule has 4 heteroatoms. The third kappa shape index (κ3) is 2.75. The molecule has 1 unspecified atom stereocenters. The van der Waals surface area contributed by atoms with Crippen molar-refractivity contribution in [2.75, 3.05) is 5.75 Å². The maximum Gasteiger partial charge on any atom is 0.352 e. The van der Waals surface area contributed by atoms with Crippen LogP contribution in [0.15, 0.2) is 54.6 Å². The molecule has 1 atom stereocenters. The largest absolute Gasteiger partial charge is 0.477 e. The molecule has 118 valence electrons. The van der Waals surface area contributed by atoms with Crippen LogP contribution < -0.4 is 0 Å². The van der Waals surface area contributed by atoms with E-state index >= 15 is 0 Å². The molecule has 3 rings (SSSR count). The van der Waals surface area contributed by atoms with E-state index in [2.05, 4.69) is 19.1 Å². The lowest BCUT2D eigenvalue weighted by atomic mass is 10.0. The number of thioether (sulfide) groups is 1. The van der Waals surface area contributed by atoms with Crippen LogP contribution in [0, 0.1) is 0 Å². The minimum atomic E-state index is -0.878. The van der Waals surface area contributed by atoms with Crippen LogP contribution in [0.4, 0.5) is 0 Å². The number of carboxylic acids is 1. The van der Waals surface area contributed by atoms with Crippen molar-refractivity contribution < 1.29 is 9.90 Å². The van der Waals surface area contributed by atoms with Crippen LogP contribution in [-0.4, -0.2) is 21.4 Å². The molecule has 0 aliphatic carbocycles. The average Bonchev–Trinajstić information content (AvgIpc) is 2.87. The van der Waals surface area contributed by atoms with Gasteiger partial charge < -0.3 is 9.67 Å². The zero-order chi connectivity index (χ0) is 16.4. The summed E-state index contributed by atoms with van der Waals surface area (Å²) in [5.74, 6) is 0.0401. The van der Waals surface area contributed by atoms with Crippen LogP contribution in [0.5, 0.6) is 0 Å². The van der Waals surface area contributed by atoms with Gasteiger partial charge in [-0.15, -0.1) is 11.8 Å². The second-order valence-corrected chi connectivity index (χ2v) is 6.77. The maximum atomic E-state index is 11.9. The Kier molecular flexibility index (Phi) is 4.44. The van der Waals surface area contributed by atoms with E-state index in [9.17, 15) is 9.90 Å². The molecule has 0 saturated heterocycles. The monoisotopic (exact) mass is 325 g/mol. The van der Waals surface area contributed by atoms with Gasteiger partial charge in [-0.2, -0.15) is 0 Å². The Labute approximate surface area is 139 Å². The lowest BCUT2D eigenvalue weighted by Gasteiger charge is -2.17. The Morgan fingerprint density at radius 2 is 1.78 bits per heavy atom. The topological polar surface area (TPSA) is 42.2 Å². The van der Waals surface area contributed by atoms with E-state index in [-0.39, 0.29) is 5.25 Å². The molecular formula is C19H19NO2S. The molecule has 0 radical (unpaired) electrons. The van der Waals surface area contributed by atoms with Crippen molar-refractivity contribution in [3.63, 3.8) is 0 Å². The van der Waals surface area contributed by atoms with Gasteiger partial charge >= 0.3 is 5.97 Å². The molecule has 1 N–H and O–H groups in total. The number of nitrogens with zero attached hydrogens (tertiary/aromatic N) is 1. The van der Waals surface area contributed by atoms with E-state index in [0.717, 1.165) is 27.8 Å². The van der Waals surface area contributed by atoms with Crippen LogP contribution >= 0.6 is 11.8 Å². The van der Waals surface area contributed by atoms with Gasteiger partial charge in [0.1, 0.15) is 5.69 Å². The molecule has 0 saturated carbocycles. The Morgan fingerprint density at radius 1 is 1.13 bits per heavy atom. The van der Waals surface area contributed by atoms with Gasteiger partial charge in [0.15, 0.2) is 0 Å². The lowest BCUT2D eigenvalue weighted by molar-refractivity contribution is 0.0686. The first kappa shape index (κ1) is 15.7. The average molecular weight is 325 g/mol. The van der Waals surface area contributed by atoms with Gasteiger partial charge in [-0.05, 0) is 17.4 Å². The summed E-state index contributed by atoms with van der Waals surface area (Å²) in [4.78, 5) is 11.9. The van der Waals surface area contributed by atoms with Gasteiger partial charge in [0.2, 0.25) is 0 Å². The summed E-state index contributed by atoms with van der Waals surface area (Å²) in [7, 11) is 1.83. The molecule has 3 nitrogen and oxygen atoms in total. The fourth-order valence-electron chi connectivity index (χ4n) is 3.09. The molecule has 23 heavy (non-hydrogen) atoms. The second kappa shape index (κ2) is 6.50. The Hall–Kier alpha value is -2.20. The van der Waals surface area contributed by atoms with E-state index < -0.39 is 5.97 Å². The fourth-order valence-corrected chi connectivity index (χ4v) is 4.18. The van der Waals surface area contributed by atoms with Gasteiger partial charge in [0.05, 0.1) is 5.25 Å². The second-order valence-electron chi connectivity index (χ2n) is 5.39. The first-order valence-electron chi connectivity index (χ1n) is 7.62. The molecule has 1 heterocycles. The highest BCUT2D eigenvalue weighted by Gasteiger charge is 2.27. The molecule has 0 bridgehead atoms. The van der Waals surface area contributed by atoms with E-state index in [1.807, 2.05) is 49.5 Å². The summed E-state index contributed by atoms with van der Waals surface area (Å²) in [6.07, 6.45) is 0. The van der Waals surface area contributed by atoms with Crippen LogP contribution in [-0.2, 0) is 7.05 Å².